The van der Waals surface area contributed by atoms with E-state index >= 15 is 0 Å². The van der Waals surface area contributed by atoms with Crippen molar-refractivity contribution in [2.75, 3.05) is 19.7 Å². The van der Waals surface area contributed by atoms with E-state index in [0.29, 0.717) is 25.9 Å². The van der Waals surface area contributed by atoms with Crippen molar-refractivity contribution >= 4 is 27.3 Å². The first-order valence-corrected chi connectivity index (χ1v) is 8.23. The third-order valence-electron chi connectivity index (χ3n) is 3.58. The number of hydrogen-bond donors (Lipinski definition) is 1. The Balaban J connectivity index is 2.28. The molecule has 0 bridgehead atoms. The van der Waals surface area contributed by atoms with Crippen LogP contribution in [0.5, 0.6) is 0 Å². The number of rotatable bonds is 4. The highest BCUT2D eigenvalue weighted by Gasteiger charge is 2.30. The third-order valence-corrected chi connectivity index (χ3v) is 5.80. The molecule has 2 rings (SSSR count). The van der Waals surface area contributed by atoms with Crippen LogP contribution in [0.1, 0.15) is 12.8 Å². The number of nitrogens with zero attached hydrogens (tertiary/aromatic N) is 2. The zero-order chi connectivity index (χ0) is 15.6. The Morgan fingerprint density at radius 3 is 2.52 bits per heavy atom. The molecule has 7 nitrogen and oxygen atoms in total. The van der Waals surface area contributed by atoms with Gasteiger partial charge in [0.05, 0.1) is 9.82 Å². The summed E-state index contributed by atoms with van der Waals surface area (Å²) in [6, 6.07) is 3.46. The van der Waals surface area contributed by atoms with E-state index in [1.165, 1.54) is 16.4 Å². The Labute approximate surface area is 127 Å². The van der Waals surface area contributed by atoms with Crippen LogP contribution < -0.4 is 0 Å². The number of benzene rings is 1. The molecular weight excluding hydrogens is 320 g/mol. The van der Waals surface area contributed by atoms with Gasteiger partial charge < -0.3 is 5.11 Å². The maximum absolute atomic E-state index is 12.5. The minimum absolute atomic E-state index is 0.0420. The molecule has 21 heavy (non-hydrogen) atoms. The molecule has 1 heterocycles. The molecule has 0 radical (unpaired) electrons. The van der Waals surface area contributed by atoms with Gasteiger partial charge in [0.15, 0.2) is 0 Å². The van der Waals surface area contributed by atoms with Crippen molar-refractivity contribution in [3.05, 3.63) is 33.3 Å². The van der Waals surface area contributed by atoms with Gasteiger partial charge in [-0.05, 0) is 30.9 Å². The molecule has 0 aliphatic carbocycles. The first-order valence-electron chi connectivity index (χ1n) is 6.41. The molecule has 1 aliphatic heterocycles. The average molecular weight is 335 g/mol. The monoisotopic (exact) mass is 334 g/mol. The second-order valence-corrected chi connectivity index (χ2v) is 7.25. The van der Waals surface area contributed by atoms with E-state index in [-0.39, 0.29) is 22.4 Å². The summed E-state index contributed by atoms with van der Waals surface area (Å²) < 4.78 is 26.2. The molecule has 0 spiro atoms. The number of halogens is 1. The largest absolute Gasteiger partial charge is 0.396 e. The molecule has 1 saturated heterocycles. The van der Waals surface area contributed by atoms with Crippen molar-refractivity contribution in [2.45, 2.75) is 17.7 Å². The Morgan fingerprint density at radius 2 is 2.00 bits per heavy atom. The maximum Gasteiger partial charge on any atom is 0.289 e. The van der Waals surface area contributed by atoms with Crippen LogP contribution in [0.15, 0.2) is 23.1 Å². The first-order chi connectivity index (χ1) is 9.86. The van der Waals surface area contributed by atoms with Crippen molar-refractivity contribution in [2.24, 2.45) is 5.92 Å². The zero-order valence-electron chi connectivity index (χ0n) is 11.1. The minimum Gasteiger partial charge on any atom is -0.396 e. The lowest BCUT2D eigenvalue weighted by Crippen LogP contribution is -2.39. The van der Waals surface area contributed by atoms with Crippen molar-refractivity contribution < 1.29 is 18.4 Å². The molecule has 1 aromatic carbocycles. The van der Waals surface area contributed by atoms with Gasteiger partial charge in [0.1, 0.15) is 5.02 Å². The van der Waals surface area contributed by atoms with E-state index in [1.807, 2.05) is 0 Å². The number of piperidine rings is 1. The highest BCUT2D eigenvalue weighted by atomic mass is 35.5. The molecule has 1 fully saturated rings. The number of aliphatic hydroxyl groups is 1. The molecular formula is C12H15ClN2O5S. The van der Waals surface area contributed by atoms with Crippen molar-refractivity contribution in [1.82, 2.24) is 4.31 Å². The van der Waals surface area contributed by atoms with E-state index in [1.54, 1.807) is 0 Å². The lowest BCUT2D eigenvalue weighted by Gasteiger charge is -2.30. The predicted octanol–water partition coefficient (Wildman–Crippen LogP) is 1.64. The predicted molar refractivity (Wildman–Crippen MR) is 76.7 cm³/mol. The second-order valence-electron chi connectivity index (χ2n) is 4.90. The van der Waals surface area contributed by atoms with Gasteiger partial charge in [0, 0.05) is 25.8 Å². The fourth-order valence-corrected chi connectivity index (χ4v) is 3.95. The highest BCUT2D eigenvalue weighted by Crippen LogP contribution is 2.30. The highest BCUT2D eigenvalue weighted by molar-refractivity contribution is 7.89. The second kappa shape index (κ2) is 6.27. The van der Waals surface area contributed by atoms with Gasteiger partial charge in [0.25, 0.3) is 5.69 Å². The van der Waals surface area contributed by atoms with E-state index in [2.05, 4.69) is 0 Å². The van der Waals surface area contributed by atoms with Gasteiger partial charge in [-0.15, -0.1) is 0 Å². The topological polar surface area (TPSA) is 101 Å². The van der Waals surface area contributed by atoms with Gasteiger partial charge in [-0.1, -0.05) is 11.6 Å². The summed E-state index contributed by atoms with van der Waals surface area (Å²) in [6.45, 7) is 0.633. The van der Waals surface area contributed by atoms with Crippen LogP contribution in [0.4, 0.5) is 5.69 Å². The summed E-state index contributed by atoms with van der Waals surface area (Å²) in [7, 11) is -3.78. The summed E-state index contributed by atoms with van der Waals surface area (Å²) >= 11 is 5.69. The van der Waals surface area contributed by atoms with E-state index < -0.39 is 20.6 Å². The molecule has 116 valence electrons. The number of sulfonamides is 1. The van der Waals surface area contributed by atoms with E-state index in [4.69, 9.17) is 16.7 Å². The van der Waals surface area contributed by atoms with Crippen LogP contribution in [0.3, 0.4) is 0 Å². The number of hydrogen-bond acceptors (Lipinski definition) is 5. The Hall–Kier alpha value is -1.22. The van der Waals surface area contributed by atoms with Crippen LogP contribution in [0, 0.1) is 16.0 Å². The average Bonchev–Trinajstić information content (AvgIpc) is 2.47. The van der Waals surface area contributed by atoms with E-state index in [9.17, 15) is 18.5 Å². The van der Waals surface area contributed by atoms with Crippen molar-refractivity contribution in [3.8, 4) is 0 Å². The van der Waals surface area contributed by atoms with Crippen molar-refractivity contribution in [1.29, 1.82) is 0 Å². The molecule has 0 amide bonds. The third kappa shape index (κ3) is 3.34. The van der Waals surface area contributed by atoms with E-state index in [0.717, 1.165) is 6.07 Å². The molecule has 0 atom stereocenters. The lowest BCUT2D eigenvalue weighted by molar-refractivity contribution is -0.384. The molecule has 9 heteroatoms. The fraction of sp³-hybridized carbons (Fsp3) is 0.500. The lowest BCUT2D eigenvalue weighted by atomic mass is 10.00. The van der Waals surface area contributed by atoms with Gasteiger partial charge in [-0.2, -0.15) is 4.31 Å². The summed E-state index contributed by atoms with van der Waals surface area (Å²) in [5.74, 6) is 0.107. The van der Waals surface area contributed by atoms with Gasteiger partial charge in [-0.3, -0.25) is 10.1 Å². The van der Waals surface area contributed by atoms with Crippen LogP contribution in [-0.4, -0.2) is 42.4 Å². The molecule has 0 unspecified atom stereocenters. The molecule has 1 N–H and O–H groups in total. The zero-order valence-corrected chi connectivity index (χ0v) is 12.7. The van der Waals surface area contributed by atoms with Crippen molar-refractivity contribution in [3.63, 3.8) is 0 Å². The number of nitro groups is 1. The van der Waals surface area contributed by atoms with Gasteiger partial charge >= 0.3 is 0 Å². The number of aliphatic hydroxyl groups excluding tert-OH is 1. The van der Waals surface area contributed by atoms with Gasteiger partial charge in [-0.25, -0.2) is 8.42 Å². The Morgan fingerprint density at radius 1 is 1.38 bits per heavy atom. The fourth-order valence-electron chi connectivity index (χ4n) is 2.27. The maximum atomic E-state index is 12.5. The van der Waals surface area contributed by atoms with Crippen LogP contribution >= 0.6 is 11.6 Å². The van der Waals surface area contributed by atoms with Gasteiger partial charge in [0.2, 0.25) is 10.0 Å². The summed E-state index contributed by atoms with van der Waals surface area (Å²) in [6.07, 6.45) is 1.15. The summed E-state index contributed by atoms with van der Waals surface area (Å²) in [5.41, 5.74) is -0.428. The SMILES string of the molecule is O=[N+]([O-])c1cc(S(=O)(=O)N2CCC(CO)CC2)ccc1Cl. The Kier molecular flexibility index (Phi) is 4.82. The molecule has 1 aromatic rings. The standard InChI is InChI=1S/C12H15ClN2O5S/c13-11-2-1-10(7-12(11)15(17)18)21(19,20)14-5-3-9(8-16)4-6-14/h1-2,7,9,16H,3-6,8H2. The smallest absolute Gasteiger partial charge is 0.289 e. The quantitative estimate of drug-likeness (QED) is 0.666. The van der Waals surface area contributed by atoms with Crippen LogP contribution in [0.25, 0.3) is 0 Å². The number of nitro benzene ring substituents is 1. The first kappa shape index (κ1) is 16.2. The Bertz CT molecular complexity index is 641. The van der Waals surface area contributed by atoms with Crippen LogP contribution in [0.2, 0.25) is 5.02 Å². The minimum atomic E-state index is -3.78. The van der Waals surface area contributed by atoms with Crippen LogP contribution in [-0.2, 0) is 10.0 Å². The molecule has 0 saturated carbocycles. The molecule has 1 aliphatic rings. The summed E-state index contributed by atoms with van der Waals surface area (Å²) in [4.78, 5) is 10.00. The normalized spacial score (nSPS) is 17.8. The molecule has 0 aromatic heterocycles. The summed E-state index contributed by atoms with van der Waals surface area (Å²) in [5, 5.41) is 19.8.